The molecule has 5 heterocycles. The summed E-state index contributed by atoms with van der Waals surface area (Å²) in [5.41, 5.74) is 8.95. The van der Waals surface area contributed by atoms with Crippen molar-refractivity contribution < 1.29 is 9.59 Å². The molecule has 1 atom stereocenters. The molecular weight excluding hydrogens is 446 g/mol. The second-order valence-corrected chi connectivity index (χ2v) is 9.35. The van der Waals surface area contributed by atoms with Crippen molar-refractivity contribution in [2.24, 2.45) is 7.05 Å². The molecule has 0 unspecified atom stereocenters. The van der Waals surface area contributed by atoms with Crippen LogP contribution in [0.3, 0.4) is 0 Å². The van der Waals surface area contributed by atoms with Crippen molar-refractivity contribution in [1.82, 2.24) is 34.3 Å². The molecule has 0 spiro atoms. The van der Waals surface area contributed by atoms with Gasteiger partial charge >= 0.3 is 0 Å². The predicted octanol–water partition coefficient (Wildman–Crippen LogP) is 2.14. The molecule has 2 amide bonds. The van der Waals surface area contributed by atoms with Crippen LogP contribution in [0.25, 0.3) is 28.0 Å². The molecule has 1 saturated heterocycles. The van der Waals surface area contributed by atoms with Crippen LogP contribution in [0.15, 0.2) is 43.0 Å². The molecule has 11 nitrogen and oxygen atoms in total. The van der Waals surface area contributed by atoms with Gasteiger partial charge in [-0.25, -0.2) is 14.5 Å². The highest BCUT2D eigenvalue weighted by Gasteiger charge is 2.47. The molecule has 0 bridgehead atoms. The standard InChI is InChI=1S/C24H27N9O2/c1-14-11-31(15(2)34)24(3,4)23(35)32(14)20-8-6-7-18(29-20)19-9-17(16-10-27-30(5)12-16)21-22(25)26-13-28-33(19)21/h6-10,12-14H,11H2,1-5H3,(H2,25,26,28)/t14-/m0/s1. The Balaban J connectivity index is 1.62. The highest BCUT2D eigenvalue weighted by Crippen LogP contribution is 2.35. The molecule has 4 aromatic rings. The lowest BCUT2D eigenvalue weighted by atomic mass is 9.94. The summed E-state index contributed by atoms with van der Waals surface area (Å²) in [7, 11) is 1.85. The summed E-state index contributed by atoms with van der Waals surface area (Å²) < 4.78 is 3.42. The quantitative estimate of drug-likeness (QED) is 0.483. The fourth-order valence-electron chi connectivity index (χ4n) is 4.77. The normalized spacial score (nSPS) is 17.9. The Morgan fingerprint density at radius 2 is 2.00 bits per heavy atom. The van der Waals surface area contributed by atoms with E-state index in [2.05, 4.69) is 15.2 Å². The van der Waals surface area contributed by atoms with Crippen molar-refractivity contribution >= 4 is 29.0 Å². The van der Waals surface area contributed by atoms with Crippen LogP contribution in [0.1, 0.15) is 27.7 Å². The largest absolute Gasteiger partial charge is 0.382 e. The number of hydrogen-bond acceptors (Lipinski definition) is 7. The molecule has 1 fully saturated rings. The second-order valence-electron chi connectivity index (χ2n) is 9.35. The smallest absolute Gasteiger partial charge is 0.253 e. The molecule has 180 valence electrons. The van der Waals surface area contributed by atoms with Gasteiger partial charge < -0.3 is 10.6 Å². The van der Waals surface area contributed by atoms with E-state index in [0.717, 1.165) is 11.1 Å². The van der Waals surface area contributed by atoms with E-state index in [-0.39, 0.29) is 17.9 Å². The monoisotopic (exact) mass is 473 g/mol. The summed E-state index contributed by atoms with van der Waals surface area (Å²) in [6.45, 7) is 7.35. The summed E-state index contributed by atoms with van der Waals surface area (Å²) in [5.74, 6) is 0.540. The van der Waals surface area contributed by atoms with Crippen LogP contribution in [0.2, 0.25) is 0 Å². The summed E-state index contributed by atoms with van der Waals surface area (Å²) >= 11 is 0. The number of piperazine rings is 1. The highest BCUT2D eigenvalue weighted by molar-refractivity contribution is 6.03. The number of nitrogens with two attached hydrogens (primary N) is 1. The molecule has 11 heteroatoms. The Labute approximate surface area is 202 Å². The zero-order valence-electron chi connectivity index (χ0n) is 20.3. The van der Waals surface area contributed by atoms with Crippen LogP contribution in [-0.2, 0) is 16.6 Å². The molecular formula is C24H27N9O2. The fraction of sp³-hybridized carbons (Fsp3) is 0.333. The lowest BCUT2D eigenvalue weighted by Gasteiger charge is -2.48. The van der Waals surface area contributed by atoms with Gasteiger partial charge in [0.15, 0.2) is 5.82 Å². The van der Waals surface area contributed by atoms with Crippen LogP contribution < -0.4 is 10.6 Å². The number of pyridine rings is 1. The topological polar surface area (TPSA) is 128 Å². The van der Waals surface area contributed by atoms with E-state index in [4.69, 9.17) is 10.7 Å². The first-order valence-electron chi connectivity index (χ1n) is 11.3. The number of fused-ring (bicyclic) bond motifs is 1. The van der Waals surface area contributed by atoms with Crippen molar-refractivity contribution in [1.29, 1.82) is 0 Å². The van der Waals surface area contributed by atoms with Gasteiger partial charge in [0, 0.05) is 37.8 Å². The van der Waals surface area contributed by atoms with Crippen LogP contribution in [0, 0.1) is 0 Å². The zero-order valence-corrected chi connectivity index (χ0v) is 20.3. The summed E-state index contributed by atoms with van der Waals surface area (Å²) in [4.78, 5) is 38.0. The molecule has 4 aromatic heterocycles. The van der Waals surface area contributed by atoms with Gasteiger partial charge in [0.2, 0.25) is 5.91 Å². The Kier molecular flexibility index (Phi) is 5.08. The summed E-state index contributed by atoms with van der Waals surface area (Å²) in [6.07, 6.45) is 5.05. The van der Waals surface area contributed by atoms with Crippen molar-refractivity contribution in [3.63, 3.8) is 0 Å². The van der Waals surface area contributed by atoms with Crippen LogP contribution >= 0.6 is 0 Å². The average Bonchev–Trinajstić information content (AvgIpc) is 3.41. The maximum atomic E-state index is 13.5. The minimum Gasteiger partial charge on any atom is -0.382 e. The molecule has 35 heavy (non-hydrogen) atoms. The van der Waals surface area contributed by atoms with Crippen molar-refractivity contribution in [3.8, 4) is 22.5 Å². The molecule has 0 radical (unpaired) electrons. The van der Waals surface area contributed by atoms with Gasteiger partial charge in [-0.1, -0.05) is 6.07 Å². The van der Waals surface area contributed by atoms with E-state index >= 15 is 0 Å². The Bertz CT molecular complexity index is 1470. The number of rotatable bonds is 3. The number of carbonyl (C=O) groups excluding carboxylic acids is 2. The van der Waals surface area contributed by atoms with E-state index in [1.54, 1.807) is 45.1 Å². The van der Waals surface area contributed by atoms with Crippen LogP contribution in [0.5, 0.6) is 0 Å². The number of nitrogens with zero attached hydrogens (tertiary/aromatic N) is 8. The van der Waals surface area contributed by atoms with Crippen molar-refractivity contribution in [3.05, 3.63) is 43.0 Å². The van der Waals surface area contributed by atoms with E-state index in [0.29, 0.717) is 35.1 Å². The minimum absolute atomic E-state index is 0.128. The maximum Gasteiger partial charge on any atom is 0.253 e. The van der Waals surface area contributed by atoms with Crippen LogP contribution in [-0.4, -0.2) is 64.2 Å². The third-order valence-corrected chi connectivity index (χ3v) is 6.53. The first-order chi connectivity index (χ1) is 16.6. The lowest BCUT2D eigenvalue weighted by Crippen LogP contribution is -2.67. The van der Waals surface area contributed by atoms with Crippen LogP contribution in [0.4, 0.5) is 11.6 Å². The highest BCUT2D eigenvalue weighted by atomic mass is 16.2. The SMILES string of the molecule is CC(=O)N1C[C@H](C)N(c2cccc(-c3cc(-c4cnn(C)c4)c4c(N)ncnn34)n2)C(=O)C1(C)C. The fourth-order valence-corrected chi connectivity index (χ4v) is 4.77. The molecule has 5 rings (SSSR count). The first kappa shape index (κ1) is 22.5. The number of hydrogen-bond donors (Lipinski definition) is 1. The number of aryl methyl sites for hydroxylation is 1. The van der Waals surface area contributed by atoms with Gasteiger partial charge in [-0.15, -0.1) is 0 Å². The maximum absolute atomic E-state index is 13.5. The molecule has 0 saturated carbocycles. The molecule has 0 aromatic carbocycles. The first-order valence-corrected chi connectivity index (χ1v) is 11.3. The predicted molar refractivity (Wildman–Crippen MR) is 131 cm³/mol. The van der Waals surface area contributed by atoms with E-state index in [9.17, 15) is 9.59 Å². The Hall–Kier alpha value is -4.28. The third-order valence-electron chi connectivity index (χ3n) is 6.53. The second kappa shape index (κ2) is 7.90. The van der Waals surface area contributed by atoms with Crippen molar-refractivity contribution in [2.75, 3.05) is 17.2 Å². The lowest BCUT2D eigenvalue weighted by molar-refractivity contribution is -0.146. The third kappa shape index (κ3) is 3.50. The number of carbonyl (C=O) groups is 2. The summed E-state index contributed by atoms with van der Waals surface area (Å²) in [5, 5.41) is 8.70. The van der Waals surface area contributed by atoms with Gasteiger partial charge in [0.1, 0.15) is 23.2 Å². The number of anilines is 2. The van der Waals surface area contributed by atoms with Gasteiger partial charge in [0.05, 0.1) is 23.6 Å². The Morgan fingerprint density at radius 1 is 1.23 bits per heavy atom. The number of aromatic nitrogens is 6. The number of amides is 2. The van der Waals surface area contributed by atoms with Crippen molar-refractivity contribution in [2.45, 2.75) is 39.3 Å². The zero-order chi connectivity index (χ0) is 25.1. The molecule has 2 N–H and O–H groups in total. The van der Waals surface area contributed by atoms with Gasteiger partial charge in [-0.05, 0) is 39.0 Å². The number of nitrogen functional groups attached to an aromatic ring is 1. The Morgan fingerprint density at radius 3 is 2.69 bits per heavy atom. The molecule has 0 aliphatic carbocycles. The average molecular weight is 474 g/mol. The van der Waals surface area contributed by atoms with Gasteiger partial charge in [0.25, 0.3) is 5.91 Å². The van der Waals surface area contributed by atoms with E-state index < -0.39 is 5.54 Å². The minimum atomic E-state index is -0.979. The van der Waals surface area contributed by atoms with E-state index in [1.165, 1.54) is 13.3 Å². The van der Waals surface area contributed by atoms with Gasteiger partial charge in [-0.2, -0.15) is 10.2 Å². The molecule has 1 aliphatic heterocycles. The van der Waals surface area contributed by atoms with E-state index in [1.807, 2.05) is 38.4 Å². The summed E-state index contributed by atoms with van der Waals surface area (Å²) in [6, 6.07) is 7.23. The molecule has 1 aliphatic rings. The van der Waals surface area contributed by atoms with Gasteiger partial charge in [-0.3, -0.25) is 19.2 Å².